The summed E-state index contributed by atoms with van der Waals surface area (Å²) >= 11 is 12.0. The molecule has 1 aliphatic rings. The zero-order chi connectivity index (χ0) is 18.7. The number of halogens is 2. The third kappa shape index (κ3) is 4.98. The van der Waals surface area contributed by atoms with Gasteiger partial charge in [0.15, 0.2) is 9.84 Å². The molecule has 2 atom stereocenters. The van der Waals surface area contributed by atoms with Crippen LogP contribution in [-0.4, -0.2) is 31.9 Å². The largest absolute Gasteiger partial charge is 0.324 e. The zero-order valence-corrected chi connectivity index (χ0v) is 16.1. The number of benzene rings is 2. The normalized spacial score (nSPS) is 19.8. The van der Waals surface area contributed by atoms with Gasteiger partial charge in [-0.05, 0) is 30.2 Å². The molecule has 2 aromatic rings. The van der Waals surface area contributed by atoms with Crippen molar-refractivity contribution in [3.63, 3.8) is 0 Å². The first-order chi connectivity index (χ1) is 12.3. The minimum atomic E-state index is -3.05. The van der Waals surface area contributed by atoms with Gasteiger partial charge in [0.25, 0.3) is 0 Å². The molecule has 0 unspecified atom stereocenters. The third-order valence-corrected chi connectivity index (χ3v) is 6.36. The molecule has 26 heavy (non-hydrogen) atoms. The number of hydrogen-bond acceptors (Lipinski definition) is 4. The van der Waals surface area contributed by atoms with Crippen molar-refractivity contribution in [1.29, 1.82) is 0 Å². The number of carbonyl (C=O) groups is 1. The van der Waals surface area contributed by atoms with Crippen LogP contribution < -0.4 is 10.6 Å². The van der Waals surface area contributed by atoms with Crippen molar-refractivity contribution in [1.82, 2.24) is 5.32 Å². The maximum absolute atomic E-state index is 12.9. The van der Waals surface area contributed by atoms with E-state index in [2.05, 4.69) is 10.6 Å². The molecule has 138 valence electrons. The molecule has 1 aliphatic heterocycles. The first-order valence-corrected chi connectivity index (χ1v) is 10.7. The van der Waals surface area contributed by atoms with Crippen molar-refractivity contribution in [2.45, 2.75) is 18.5 Å². The number of nitrogens with one attached hydrogen (secondary N) is 2. The molecule has 0 spiro atoms. The number of carbonyl (C=O) groups excluding carboxylic acids is 1. The Morgan fingerprint density at radius 1 is 1.08 bits per heavy atom. The summed E-state index contributed by atoms with van der Waals surface area (Å²) in [4.78, 5) is 12.9. The van der Waals surface area contributed by atoms with Gasteiger partial charge < -0.3 is 5.32 Å². The number of anilines is 1. The van der Waals surface area contributed by atoms with Crippen LogP contribution in [0.15, 0.2) is 48.5 Å². The predicted octanol–water partition coefficient (Wildman–Crippen LogP) is 3.45. The van der Waals surface area contributed by atoms with E-state index in [0.29, 0.717) is 22.2 Å². The van der Waals surface area contributed by atoms with Crippen LogP contribution in [0.3, 0.4) is 0 Å². The Morgan fingerprint density at radius 2 is 1.73 bits per heavy atom. The van der Waals surface area contributed by atoms with E-state index in [1.165, 1.54) is 0 Å². The van der Waals surface area contributed by atoms with Crippen molar-refractivity contribution in [3.05, 3.63) is 64.1 Å². The van der Waals surface area contributed by atoms with Crippen LogP contribution >= 0.6 is 23.2 Å². The molecule has 2 N–H and O–H groups in total. The van der Waals surface area contributed by atoms with Crippen molar-refractivity contribution < 1.29 is 13.2 Å². The molecule has 0 aliphatic carbocycles. The van der Waals surface area contributed by atoms with Crippen molar-refractivity contribution >= 4 is 44.6 Å². The average Bonchev–Trinajstić information content (AvgIpc) is 2.91. The van der Waals surface area contributed by atoms with Crippen molar-refractivity contribution in [3.8, 4) is 0 Å². The van der Waals surface area contributed by atoms with E-state index in [9.17, 15) is 13.2 Å². The molecule has 3 rings (SSSR count). The van der Waals surface area contributed by atoms with Crippen LogP contribution in [0.5, 0.6) is 0 Å². The molecule has 0 radical (unpaired) electrons. The van der Waals surface area contributed by atoms with Crippen molar-refractivity contribution in [2.75, 3.05) is 16.8 Å². The lowest BCUT2D eigenvalue weighted by Crippen LogP contribution is -2.40. The Bertz CT molecular complexity index is 884. The second-order valence-electron chi connectivity index (χ2n) is 6.26. The van der Waals surface area contributed by atoms with Gasteiger partial charge in [0.05, 0.1) is 11.5 Å². The highest BCUT2D eigenvalue weighted by molar-refractivity contribution is 7.91. The maximum atomic E-state index is 12.9. The first kappa shape index (κ1) is 19.2. The minimum Gasteiger partial charge on any atom is -0.324 e. The monoisotopic (exact) mass is 412 g/mol. The molecule has 0 bridgehead atoms. The second kappa shape index (κ2) is 7.96. The molecule has 0 aromatic heterocycles. The van der Waals surface area contributed by atoms with Gasteiger partial charge in [-0.25, -0.2) is 8.42 Å². The Morgan fingerprint density at radius 3 is 2.31 bits per heavy atom. The van der Waals surface area contributed by atoms with Gasteiger partial charge >= 0.3 is 0 Å². The van der Waals surface area contributed by atoms with Gasteiger partial charge in [-0.15, -0.1) is 0 Å². The molecule has 1 amide bonds. The minimum absolute atomic E-state index is 0.0343. The van der Waals surface area contributed by atoms with E-state index >= 15 is 0 Å². The highest BCUT2D eigenvalue weighted by Gasteiger charge is 2.32. The quantitative estimate of drug-likeness (QED) is 0.788. The van der Waals surface area contributed by atoms with Gasteiger partial charge in [-0.2, -0.15) is 0 Å². The Hall–Kier alpha value is -1.60. The Labute approximate surface area is 162 Å². The third-order valence-electron chi connectivity index (χ3n) is 4.16. The van der Waals surface area contributed by atoms with Gasteiger partial charge in [0, 0.05) is 21.8 Å². The molecular formula is C18H18Cl2N2O3S. The van der Waals surface area contributed by atoms with Gasteiger partial charge in [-0.1, -0.05) is 53.5 Å². The topological polar surface area (TPSA) is 75.3 Å². The van der Waals surface area contributed by atoms with Crippen LogP contribution in [0.1, 0.15) is 18.0 Å². The lowest BCUT2D eigenvalue weighted by Gasteiger charge is -2.22. The number of amides is 1. The summed E-state index contributed by atoms with van der Waals surface area (Å²) in [7, 11) is -3.05. The Kier molecular flexibility index (Phi) is 5.87. The molecular weight excluding hydrogens is 395 g/mol. The predicted molar refractivity (Wildman–Crippen MR) is 104 cm³/mol. The van der Waals surface area contributed by atoms with Crippen LogP contribution in [0.2, 0.25) is 10.0 Å². The van der Waals surface area contributed by atoms with Crippen LogP contribution in [0.4, 0.5) is 5.69 Å². The summed E-state index contributed by atoms with van der Waals surface area (Å²) < 4.78 is 23.4. The van der Waals surface area contributed by atoms with E-state index in [-0.39, 0.29) is 23.5 Å². The van der Waals surface area contributed by atoms with Crippen molar-refractivity contribution in [2.24, 2.45) is 0 Å². The van der Waals surface area contributed by atoms with E-state index in [1.54, 1.807) is 18.2 Å². The lowest BCUT2D eigenvalue weighted by molar-refractivity contribution is -0.118. The number of sulfone groups is 1. The molecule has 8 heteroatoms. The van der Waals surface area contributed by atoms with E-state index < -0.39 is 15.9 Å². The van der Waals surface area contributed by atoms with Crippen LogP contribution in [0.25, 0.3) is 0 Å². The summed E-state index contributed by atoms with van der Waals surface area (Å²) in [5, 5.41) is 6.81. The standard InChI is InChI=1S/C18H18Cl2N2O3S/c19-13-8-14(20)10-16(9-13)22-18(23)17(12-4-2-1-3-5-12)21-15-6-7-26(24,25)11-15/h1-5,8-10,15,17,21H,6-7,11H2,(H,22,23)/t15-,17+/m1/s1. The highest BCUT2D eigenvalue weighted by Crippen LogP contribution is 2.25. The molecule has 2 aromatic carbocycles. The second-order valence-corrected chi connectivity index (χ2v) is 9.36. The first-order valence-electron chi connectivity index (χ1n) is 8.11. The highest BCUT2D eigenvalue weighted by atomic mass is 35.5. The summed E-state index contributed by atoms with van der Waals surface area (Å²) in [6.45, 7) is 0. The lowest BCUT2D eigenvalue weighted by atomic mass is 10.0. The van der Waals surface area contributed by atoms with E-state index in [0.717, 1.165) is 5.56 Å². The Balaban J connectivity index is 1.81. The smallest absolute Gasteiger partial charge is 0.246 e. The zero-order valence-electron chi connectivity index (χ0n) is 13.8. The molecule has 5 nitrogen and oxygen atoms in total. The van der Waals surface area contributed by atoms with Crippen LogP contribution in [0, 0.1) is 0 Å². The van der Waals surface area contributed by atoms with Gasteiger partial charge in [0.1, 0.15) is 6.04 Å². The summed E-state index contributed by atoms with van der Waals surface area (Å²) in [6.07, 6.45) is 0.488. The van der Waals surface area contributed by atoms with Crippen LogP contribution in [-0.2, 0) is 14.6 Å². The number of hydrogen-bond donors (Lipinski definition) is 2. The maximum Gasteiger partial charge on any atom is 0.246 e. The fourth-order valence-corrected chi connectivity index (χ4v) is 5.18. The fourth-order valence-electron chi connectivity index (χ4n) is 2.97. The van der Waals surface area contributed by atoms with E-state index in [4.69, 9.17) is 23.2 Å². The summed E-state index contributed by atoms with van der Waals surface area (Å²) in [6, 6.07) is 13.0. The fraction of sp³-hybridized carbons (Fsp3) is 0.278. The molecule has 0 saturated carbocycles. The summed E-state index contributed by atoms with van der Waals surface area (Å²) in [5.74, 6) is -0.136. The van der Waals surface area contributed by atoms with Gasteiger partial charge in [0.2, 0.25) is 5.91 Å². The molecule has 1 saturated heterocycles. The number of rotatable bonds is 5. The average molecular weight is 413 g/mol. The molecule has 1 heterocycles. The SMILES string of the molecule is O=C(Nc1cc(Cl)cc(Cl)c1)[C@@H](N[C@@H]1CCS(=O)(=O)C1)c1ccccc1. The van der Waals surface area contributed by atoms with E-state index in [1.807, 2.05) is 30.3 Å². The van der Waals surface area contributed by atoms with Gasteiger partial charge in [-0.3, -0.25) is 10.1 Å². The summed E-state index contributed by atoms with van der Waals surface area (Å²) in [5.41, 5.74) is 1.23. The molecule has 1 fully saturated rings.